The lowest BCUT2D eigenvalue weighted by molar-refractivity contribution is 0.201. The van der Waals surface area contributed by atoms with E-state index in [1.165, 1.54) is 41.0 Å². The number of rotatable bonds is 5. The number of H-pyrrole nitrogens is 1. The van der Waals surface area contributed by atoms with E-state index in [9.17, 15) is 0 Å². The van der Waals surface area contributed by atoms with Gasteiger partial charge in [-0.1, -0.05) is 18.2 Å². The van der Waals surface area contributed by atoms with Gasteiger partial charge in [0.2, 0.25) is 5.13 Å². The van der Waals surface area contributed by atoms with Gasteiger partial charge in [0.05, 0.1) is 12.6 Å². The molecule has 126 valence electrons. The van der Waals surface area contributed by atoms with Gasteiger partial charge >= 0.3 is 0 Å². The molecule has 1 atom stereocenters. The largest absolute Gasteiger partial charge is 0.384 e. The van der Waals surface area contributed by atoms with Gasteiger partial charge < -0.3 is 14.6 Å². The smallest absolute Gasteiger partial charge is 0.205 e. The summed E-state index contributed by atoms with van der Waals surface area (Å²) in [6, 6.07) is 11.1. The first-order valence-corrected chi connectivity index (χ1v) is 9.28. The fraction of sp³-hybridized carbons (Fsp3) is 0.444. The Bertz CT molecular complexity index is 779. The number of piperidine rings is 1. The summed E-state index contributed by atoms with van der Waals surface area (Å²) in [5, 5.41) is 2.31. The highest BCUT2D eigenvalue weighted by molar-refractivity contribution is 7.09. The molecule has 5 nitrogen and oxygen atoms in total. The number of hydrogen-bond acceptors (Lipinski definition) is 5. The summed E-state index contributed by atoms with van der Waals surface area (Å²) >= 11 is 1.51. The molecular formula is C18H22N4OS. The van der Waals surface area contributed by atoms with Crippen molar-refractivity contribution >= 4 is 27.6 Å². The molecule has 1 aromatic carbocycles. The van der Waals surface area contributed by atoms with E-state index in [2.05, 4.69) is 44.6 Å². The lowest BCUT2D eigenvalue weighted by Gasteiger charge is -2.34. The monoisotopic (exact) mass is 342 g/mol. The van der Waals surface area contributed by atoms with E-state index < -0.39 is 0 Å². The van der Waals surface area contributed by atoms with Crippen LogP contribution >= 0.6 is 11.5 Å². The molecule has 0 spiro atoms. The molecule has 0 radical (unpaired) electrons. The molecule has 0 amide bonds. The number of ether oxygens (including phenoxy) is 1. The van der Waals surface area contributed by atoms with E-state index >= 15 is 0 Å². The maximum atomic E-state index is 5.13. The minimum Gasteiger partial charge on any atom is -0.384 e. The Morgan fingerprint density at radius 3 is 3.12 bits per heavy atom. The van der Waals surface area contributed by atoms with E-state index in [0.29, 0.717) is 12.6 Å². The third kappa shape index (κ3) is 3.03. The average molecular weight is 342 g/mol. The molecule has 1 aliphatic rings. The number of hydrogen-bond donors (Lipinski definition) is 1. The van der Waals surface area contributed by atoms with Crippen molar-refractivity contribution < 1.29 is 4.74 Å². The molecule has 1 saturated heterocycles. The minimum atomic E-state index is 0.356. The van der Waals surface area contributed by atoms with E-state index in [1.807, 2.05) is 0 Å². The number of methoxy groups -OCH3 is 1. The van der Waals surface area contributed by atoms with Crippen LogP contribution in [0.3, 0.4) is 0 Å². The molecule has 0 saturated carbocycles. The first-order valence-electron chi connectivity index (χ1n) is 8.51. The summed E-state index contributed by atoms with van der Waals surface area (Å²) in [5.41, 5.74) is 2.49. The highest BCUT2D eigenvalue weighted by atomic mass is 32.1. The van der Waals surface area contributed by atoms with Gasteiger partial charge in [-0.05, 0) is 36.8 Å². The zero-order valence-electron chi connectivity index (χ0n) is 13.9. The van der Waals surface area contributed by atoms with E-state index in [0.717, 1.165) is 30.3 Å². The third-order valence-electron chi connectivity index (χ3n) is 4.65. The predicted molar refractivity (Wildman–Crippen MR) is 97.7 cm³/mol. The molecular weight excluding hydrogens is 320 g/mol. The first kappa shape index (κ1) is 15.6. The second-order valence-electron chi connectivity index (χ2n) is 6.25. The highest BCUT2D eigenvalue weighted by Crippen LogP contribution is 2.36. The van der Waals surface area contributed by atoms with Crippen LogP contribution in [0.5, 0.6) is 0 Å². The Morgan fingerprint density at radius 2 is 2.25 bits per heavy atom. The molecule has 1 fully saturated rings. The lowest BCUT2D eigenvalue weighted by atomic mass is 10.00. The van der Waals surface area contributed by atoms with Crippen molar-refractivity contribution in [2.24, 2.45) is 0 Å². The van der Waals surface area contributed by atoms with Crippen LogP contribution in [0.1, 0.15) is 36.8 Å². The van der Waals surface area contributed by atoms with Crippen LogP contribution in [0.2, 0.25) is 0 Å². The summed E-state index contributed by atoms with van der Waals surface area (Å²) in [5.74, 6) is 0.887. The summed E-state index contributed by atoms with van der Waals surface area (Å²) in [6.45, 7) is 1.71. The van der Waals surface area contributed by atoms with Crippen molar-refractivity contribution in [3.8, 4) is 0 Å². The number of fused-ring (bicyclic) bond motifs is 1. The number of nitrogens with zero attached hydrogens (tertiary/aromatic N) is 3. The van der Waals surface area contributed by atoms with Gasteiger partial charge in [-0.3, -0.25) is 0 Å². The van der Waals surface area contributed by atoms with Crippen LogP contribution in [0.25, 0.3) is 10.9 Å². The van der Waals surface area contributed by atoms with Crippen LogP contribution in [-0.4, -0.2) is 34.6 Å². The highest BCUT2D eigenvalue weighted by Gasteiger charge is 2.28. The van der Waals surface area contributed by atoms with Gasteiger partial charge in [0, 0.05) is 42.8 Å². The molecule has 1 N–H and O–H groups in total. The summed E-state index contributed by atoms with van der Waals surface area (Å²) in [7, 11) is 1.71. The van der Waals surface area contributed by atoms with Crippen molar-refractivity contribution in [1.29, 1.82) is 0 Å². The fourth-order valence-electron chi connectivity index (χ4n) is 3.42. The van der Waals surface area contributed by atoms with Gasteiger partial charge in [0.15, 0.2) is 0 Å². The number of benzene rings is 1. The normalized spacial score (nSPS) is 18.4. The molecule has 2 aromatic heterocycles. The molecule has 1 aliphatic heterocycles. The van der Waals surface area contributed by atoms with Gasteiger partial charge in [-0.15, -0.1) is 0 Å². The SMILES string of the molecule is COCCc1nsc(N2CCCCC2c2cc3ccccc3[nH]2)n1. The Morgan fingerprint density at radius 1 is 1.33 bits per heavy atom. The Kier molecular flexibility index (Phi) is 4.49. The number of anilines is 1. The summed E-state index contributed by atoms with van der Waals surface area (Å²) < 4.78 is 9.63. The van der Waals surface area contributed by atoms with E-state index in [4.69, 9.17) is 9.72 Å². The van der Waals surface area contributed by atoms with Crippen molar-refractivity contribution in [2.45, 2.75) is 31.7 Å². The Labute approximate surface area is 145 Å². The molecule has 6 heteroatoms. The minimum absolute atomic E-state index is 0.356. The molecule has 0 bridgehead atoms. The molecule has 3 heterocycles. The molecule has 3 aromatic rings. The van der Waals surface area contributed by atoms with Gasteiger partial charge in [-0.2, -0.15) is 4.37 Å². The van der Waals surface area contributed by atoms with E-state index in [1.54, 1.807) is 7.11 Å². The van der Waals surface area contributed by atoms with Crippen LogP contribution in [0, 0.1) is 0 Å². The lowest BCUT2D eigenvalue weighted by Crippen LogP contribution is -2.33. The Balaban J connectivity index is 1.61. The second kappa shape index (κ2) is 6.91. The summed E-state index contributed by atoms with van der Waals surface area (Å²) in [4.78, 5) is 10.8. The van der Waals surface area contributed by atoms with Crippen LogP contribution in [0.15, 0.2) is 30.3 Å². The molecule has 4 rings (SSSR count). The zero-order chi connectivity index (χ0) is 16.4. The van der Waals surface area contributed by atoms with Crippen LogP contribution in [-0.2, 0) is 11.2 Å². The maximum Gasteiger partial charge on any atom is 0.205 e. The number of nitrogens with one attached hydrogen (secondary N) is 1. The van der Waals surface area contributed by atoms with Gasteiger partial charge in [0.1, 0.15) is 5.82 Å². The standard InChI is InChI=1S/C18H22N4OS/c1-23-11-9-17-20-18(24-21-17)22-10-5-4-8-16(22)15-12-13-6-2-3-7-14(13)19-15/h2-3,6-7,12,16,19H,4-5,8-11H2,1H3. The van der Waals surface area contributed by atoms with Gasteiger partial charge in [-0.25, -0.2) is 4.98 Å². The molecule has 24 heavy (non-hydrogen) atoms. The van der Waals surface area contributed by atoms with Crippen molar-refractivity contribution in [3.63, 3.8) is 0 Å². The zero-order valence-corrected chi connectivity index (χ0v) is 14.7. The predicted octanol–water partition coefficient (Wildman–Crippen LogP) is 3.94. The molecule has 0 aliphatic carbocycles. The second-order valence-corrected chi connectivity index (χ2v) is 6.98. The average Bonchev–Trinajstić information content (AvgIpc) is 3.26. The quantitative estimate of drug-likeness (QED) is 0.763. The molecule has 1 unspecified atom stereocenters. The number of para-hydroxylation sites is 1. The van der Waals surface area contributed by atoms with Crippen molar-refractivity contribution in [3.05, 3.63) is 41.9 Å². The topological polar surface area (TPSA) is 54.0 Å². The summed E-state index contributed by atoms with van der Waals surface area (Å²) in [6.07, 6.45) is 4.40. The van der Waals surface area contributed by atoms with E-state index in [-0.39, 0.29) is 0 Å². The number of aromatic nitrogens is 3. The maximum absolute atomic E-state index is 5.13. The van der Waals surface area contributed by atoms with Gasteiger partial charge in [0.25, 0.3) is 0 Å². The van der Waals surface area contributed by atoms with Crippen molar-refractivity contribution in [2.75, 3.05) is 25.2 Å². The third-order valence-corrected chi connectivity index (χ3v) is 5.44. The van der Waals surface area contributed by atoms with Crippen LogP contribution in [0.4, 0.5) is 5.13 Å². The Hall–Kier alpha value is -1.92. The van der Waals surface area contributed by atoms with Crippen LogP contribution < -0.4 is 4.90 Å². The first-order chi connectivity index (χ1) is 11.8. The number of aromatic amines is 1. The fourth-order valence-corrected chi connectivity index (χ4v) is 4.20. The van der Waals surface area contributed by atoms with Crippen molar-refractivity contribution in [1.82, 2.24) is 14.3 Å².